The fourth-order valence-electron chi connectivity index (χ4n) is 2.06. The molecule has 1 amide bonds. The van der Waals surface area contributed by atoms with Crippen molar-refractivity contribution < 1.29 is 14.3 Å². The van der Waals surface area contributed by atoms with Crippen LogP contribution in [0.4, 0.5) is 0 Å². The predicted molar refractivity (Wildman–Crippen MR) is 87.2 cm³/mol. The average Bonchev–Trinajstić information content (AvgIpc) is 2.55. The van der Waals surface area contributed by atoms with Gasteiger partial charge in [-0.15, -0.1) is 0 Å². The minimum absolute atomic E-state index is 0.0433. The van der Waals surface area contributed by atoms with Gasteiger partial charge in [0.15, 0.2) is 0 Å². The van der Waals surface area contributed by atoms with Crippen molar-refractivity contribution in [2.24, 2.45) is 0 Å². The number of nitrogens with one attached hydrogen (secondary N) is 2. The van der Waals surface area contributed by atoms with Gasteiger partial charge >= 0.3 is 0 Å². The second-order valence-corrected chi connectivity index (χ2v) is 4.88. The Morgan fingerprint density at radius 2 is 1.86 bits per heavy atom. The maximum absolute atomic E-state index is 11.5. The molecule has 0 aliphatic carbocycles. The Morgan fingerprint density at radius 3 is 2.68 bits per heavy atom. The Hall–Kier alpha value is -2.11. The molecular formula is C17H22N2O3. The molecule has 5 heteroatoms. The average molecular weight is 302 g/mol. The Kier molecular flexibility index (Phi) is 6.67. The van der Waals surface area contributed by atoms with E-state index in [1.165, 1.54) is 5.39 Å². The normalized spacial score (nSPS) is 10.6. The molecule has 0 bridgehead atoms. The third kappa shape index (κ3) is 5.35. The van der Waals surface area contributed by atoms with E-state index in [-0.39, 0.29) is 5.91 Å². The van der Waals surface area contributed by atoms with Crippen LogP contribution in [0, 0.1) is 0 Å². The number of amides is 1. The van der Waals surface area contributed by atoms with Gasteiger partial charge in [0.2, 0.25) is 5.91 Å². The summed E-state index contributed by atoms with van der Waals surface area (Å²) in [5.74, 6) is 0.768. The molecule has 2 rings (SSSR count). The molecule has 2 aromatic carbocycles. The minimum atomic E-state index is -0.0433. The molecule has 0 atom stereocenters. The Balaban J connectivity index is 1.66. The van der Waals surface area contributed by atoms with E-state index < -0.39 is 0 Å². The Morgan fingerprint density at radius 1 is 1.05 bits per heavy atom. The monoisotopic (exact) mass is 302 g/mol. The molecule has 0 aliphatic heterocycles. The summed E-state index contributed by atoms with van der Waals surface area (Å²) in [6.45, 7) is 2.48. The van der Waals surface area contributed by atoms with E-state index in [0.29, 0.717) is 32.8 Å². The summed E-state index contributed by atoms with van der Waals surface area (Å²) in [7, 11) is 1.63. The lowest BCUT2D eigenvalue weighted by atomic mass is 10.1. The van der Waals surface area contributed by atoms with Gasteiger partial charge in [0, 0.05) is 13.7 Å². The third-order valence-corrected chi connectivity index (χ3v) is 3.18. The molecule has 0 aliphatic rings. The van der Waals surface area contributed by atoms with E-state index in [1.54, 1.807) is 7.11 Å². The molecule has 0 aromatic heterocycles. The van der Waals surface area contributed by atoms with E-state index in [9.17, 15) is 4.79 Å². The lowest BCUT2D eigenvalue weighted by Crippen LogP contribution is -2.37. The van der Waals surface area contributed by atoms with Crippen molar-refractivity contribution in [1.82, 2.24) is 10.6 Å². The zero-order valence-electron chi connectivity index (χ0n) is 12.8. The topological polar surface area (TPSA) is 59.6 Å². The standard InChI is InChI=1S/C17H22N2O3/c1-21-10-8-18-13-17(20)19-9-11-22-16-7-6-14-4-2-3-5-15(14)12-16/h2-7,12,18H,8-11,13H2,1H3,(H,19,20). The molecule has 118 valence electrons. The first-order valence-corrected chi connectivity index (χ1v) is 7.37. The first-order valence-electron chi connectivity index (χ1n) is 7.37. The van der Waals surface area contributed by atoms with Crippen molar-refractivity contribution in [1.29, 1.82) is 0 Å². The molecule has 22 heavy (non-hydrogen) atoms. The van der Waals surface area contributed by atoms with Gasteiger partial charge in [-0.3, -0.25) is 4.79 Å². The van der Waals surface area contributed by atoms with Crippen molar-refractivity contribution in [2.75, 3.05) is 40.0 Å². The number of carbonyl (C=O) groups is 1. The Labute approximate surface area is 130 Å². The van der Waals surface area contributed by atoms with Gasteiger partial charge in [-0.25, -0.2) is 0 Å². The van der Waals surface area contributed by atoms with E-state index >= 15 is 0 Å². The predicted octanol–water partition coefficient (Wildman–Crippen LogP) is 1.57. The molecular weight excluding hydrogens is 280 g/mol. The van der Waals surface area contributed by atoms with Crippen LogP contribution in [0.1, 0.15) is 0 Å². The molecule has 0 saturated heterocycles. The van der Waals surface area contributed by atoms with Gasteiger partial charge < -0.3 is 20.1 Å². The van der Waals surface area contributed by atoms with Crippen LogP contribution in [0.25, 0.3) is 10.8 Å². The van der Waals surface area contributed by atoms with Gasteiger partial charge in [0.25, 0.3) is 0 Å². The summed E-state index contributed by atoms with van der Waals surface area (Å²) in [5, 5.41) is 8.12. The molecule has 0 heterocycles. The summed E-state index contributed by atoms with van der Waals surface area (Å²) < 4.78 is 10.5. The smallest absolute Gasteiger partial charge is 0.234 e. The highest BCUT2D eigenvalue weighted by molar-refractivity contribution is 5.83. The van der Waals surface area contributed by atoms with Crippen molar-refractivity contribution in [3.63, 3.8) is 0 Å². The second kappa shape index (κ2) is 9.02. The highest BCUT2D eigenvalue weighted by Crippen LogP contribution is 2.20. The van der Waals surface area contributed by atoms with Gasteiger partial charge in [0.05, 0.1) is 19.7 Å². The zero-order chi connectivity index (χ0) is 15.6. The molecule has 5 nitrogen and oxygen atoms in total. The number of hydrogen-bond acceptors (Lipinski definition) is 4. The first-order chi connectivity index (χ1) is 10.8. The molecule has 0 spiro atoms. The van der Waals surface area contributed by atoms with Gasteiger partial charge in [-0.1, -0.05) is 30.3 Å². The summed E-state index contributed by atoms with van der Waals surface area (Å²) in [4.78, 5) is 11.5. The van der Waals surface area contributed by atoms with E-state index in [2.05, 4.69) is 22.8 Å². The summed E-state index contributed by atoms with van der Waals surface area (Å²) in [6, 6.07) is 14.1. The van der Waals surface area contributed by atoms with Crippen LogP contribution in [0.5, 0.6) is 5.75 Å². The van der Waals surface area contributed by atoms with Crippen molar-refractivity contribution in [2.45, 2.75) is 0 Å². The van der Waals surface area contributed by atoms with Gasteiger partial charge in [-0.2, -0.15) is 0 Å². The number of benzene rings is 2. The largest absolute Gasteiger partial charge is 0.492 e. The van der Waals surface area contributed by atoms with Crippen molar-refractivity contribution in [3.05, 3.63) is 42.5 Å². The minimum Gasteiger partial charge on any atom is -0.492 e. The van der Waals surface area contributed by atoms with Crippen molar-refractivity contribution in [3.8, 4) is 5.75 Å². The van der Waals surface area contributed by atoms with Crippen LogP contribution in [-0.2, 0) is 9.53 Å². The fraction of sp³-hybridized carbons (Fsp3) is 0.353. The number of methoxy groups -OCH3 is 1. The summed E-state index contributed by atoms with van der Waals surface area (Å²) in [6.07, 6.45) is 0. The number of carbonyl (C=O) groups excluding carboxylic acids is 1. The summed E-state index contributed by atoms with van der Waals surface area (Å²) in [5.41, 5.74) is 0. The molecule has 0 saturated carbocycles. The van der Waals surface area contributed by atoms with Crippen molar-refractivity contribution >= 4 is 16.7 Å². The third-order valence-electron chi connectivity index (χ3n) is 3.18. The number of fused-ring (bicyclic) bond motifs is 1. The van der Waals surface area contributed by atoms with E-state index in [1.807, 2.05) is 30.3 Å². The zero-order valence-corrected chi connectivity index (χ0v) is 12.8. The molecule has 0 radical (unpaired) electrons. The van der Waals surface area contributed by atoms with Crippen LogP contribution >= 0.6 is 0 Å². The van der Waals surface area contributed by atoms with Crippen LogP contribution in [0.3, 0.4) is 0 Å². The summed E-state index contributed by atoms with van der Waals surface area (Å²) >= 11 is 0. The first kappa shape index (κ1) is 16.3. The molecule has 2 N–H and O–H groups in total. The highest BCUT2D eigenvalue weighted by atomic mass is 16.5. The molecule has 0 fully saturated rings. The van der Waals surface area contributed by atoms with Crippen LogP contribution in [0.2, 0.25) is 0 Å². The van der Waals surface area contributed by atoms with Gasteiger partial charge in [-0.05, 0) is 22.9 Å². The van der Waals surface area contributed by atoms with E-state index in [0.717, 1.165) is 11.1 Å². The lowest BCUT2D eigenvalue weighted by Gasteiger charge is -2.09. The van der Waals surface area contributed by atoms with Crippen LogP contribution in [0.15, 0.2) is 42.5 Å². The quantitative estimate of drug-likeness (QED) is 0.690. The highest BCUT2D eigenvalue weighted by Gasteiger charge is 2.00. The number of ether oxygens (including phenoxy) is 2. The van der Waals surface area contributed by atoms with Crippen LogP contribution < -0.4 is 15.4 Å². The Bertz CT molecular complexity index is 601. The maximum Gasteiger partial charge on any atom is 0.234 e. The number of hydrogen-bond donors (Lipinski definition) is 2. The number of rotatable bonds is 9. The maximum atomic E-state index is 11.5. The lowest BCUT2D eigenvalue weighted by molar-refractivity contribution is -0.120. The molecule has 0 unspecified atom stereocenters. The van der Waals surface area contributed by atoms with E-state index in [4.69, 9.17) is 9.47 Å². The van der Waals surface area contributed by atoms with Gasteiger partial charge in [0.1, 0.15) is 12.4 Å². The second-order valence-electron chi connectivity index (χ2n) is 4.88. The molecule has 2 aromatic rings. The fourth-order valence-corrected chi connectivity index (χ4v) is 2.06. The SMILES string of the molecule is COCCNCC(=O)NCCOc1ccc2ccccc2c1. The van der Waals surface area contributed by atoms with Crippen LogP contribution in [-0.4, -0.2) is 45.9 Å².